The highest BCUT2D eigenvalue weighted by Crippen LogP contribution is 2.08. The first-order valence-corrected chi connectivity index (χ1v) is 5.79. The zero-order valence-electron chi connectivity index (χ0n) is 9.73. The van der Waals surface area contributed by atoms with E-state index < -0.39 is 0 Å². The van der Waals surface area contributed by atoms with E-state index in [9.17, 15) is 4.79 Å². The van der Waals surface area contributed by atoms with Gasteiger partial charge in [0.1, 0.15) is 0 Å². The maximum absolute atomic E-state index is 11.8. The first-order valence-electron chi connectivity index (χ1n) is 5.79. The summed E-state index contributed by atoms with van der Waals surface area (Å²) in [5.74, 6) is 0.0638. The number of nitrogen functional groups attached to an aromatic ring is 1. The molecular formula is C13H17N3O. The van der Waals surface area contributed by atoms with Crippen LogP contribution in [0.4, 0.5) is 5.69 Å². The number of nitrogens with one attached hydrogen (secondary N) is 1. The number of hydrogen-bond acceptors (Lipinski definition) is 3. The molecule has 4 heteroatoms. The van der Waals surface area contributed by atoms with Crippen LogP contribution >= 0.6 is 0 Å². The number of amides is 1. The molecule has 1 aliphatic heterocycles. The average molecular weight is 231 g/mol. The van der Waals surface area contributed by atoms with Gasteiger partial charge in [-0.15, -0.1) is 0 Å². The average Bonchev–Trinajstić information content (AvgIpc) is 2.37. The monoisotopic (exact) mass is 231 g/mol. The predicted octanol–water partition coefficient (Wildman–Crippen LogP) is 0.714. The zero-order valence-corrected chi connectivity index (χ0v) is 9.73. The van der Waals surface area contributed by atoms with Crippen molar-refractivity contribution in [3.63, 3.8) is 0 Å². The van der Waals surface area contributed by atoms with Crippen molar-refractivity contribution in [2.75, 3.05) is 31.9 Å². The maximum atomic E-state index is 11.8. The molecule has 0 aliphatic carbocycles. The molecule has 1 aromatic carbocycles. The number of nitrogens with two attached hydrogens (primary N) is 1. The third kappa shape index (κ3) is 3.32. The molecule has 0 spiro atoms. The Bertz CT molecular complexity index is 422. The molecule has 1 fully saturated rings. The minimum Gasteiger partial charge on any atom is -0.399 e. The van der Waals surface area contributed by atoms with Crippen LogP contribution in [0.5, 0.6) is 0 Å². The van der Waals surface area contributed by atoms with E-state index in [0.717, 1.165) is 31.7 Å². The van der Waals surface area contributed by atoms with Crippen molar-refractivity contribution >= 4 is 17.7 Å². The molecule has 0 aromatic heterocycles. The van der Waals surface area contributed by atoms with Crippen LogP contribution in [0, 0.1) is 0 Å². The number of piperazine rings is 1. The fraction of sp³-hybridized carbons (Fsp3) is 0.308. The van der Waals surface area contributed by atoms with Crippen LogP contribution in [-0.4, -0.2) is 37.0 Å². The van der Waals surface area contributed by atoms with Crippen molar-refractivity contribution in [2.45, 2.75) is 0 Å². The van der Waals surface area contributed by atoms with Gasteiger partial charge in [0.15, 0.2) is 0 Å². The molecule has 1 aromatic rings. The molecule has 1 amide bonds. The van der Waals surface area contributed by atoms with Crippen molar-refractivity contribution in [3.8, 4) is 0 Å². The normalized spacial score (nSPS) is 16.4. The number of benzene rings is 1. The fourth-order valence-corrected chi connectivity index (χ4v) is 1.82. The van der Waals surface area contributed by atoms with Gasteiger partial charge in [0.25, 0.3) is 0 Å². The molecular weight excluding hydrogens is 214 g/mol. The van der Waals surface area contributed by atoms with E-state index in [0.29, 0.717) is 5.69 Å². The number of carbonyl (C=O) groups excluding carboxylic acids is 1. The number of nitrogens with zero attached hydrogens (tertiary/aromatic N) is 1. The van der Waals surface area contributed by atoms with Crippen molar-refractivity contribution in [3.05, 3.63) is 35.9 Å². The standard InChI is InChI=1S/C13H17N3O/c14-12-3-1-2-11(10-12)4-5-13(17)16-8-6-15-7-9-16/h1-5,10,15H,6-9,14H2/b5-4+. The van der Waals surface area contributed by atoms with Crippen molar-refractivity contribution < 1.29 is 4.79 Å². The summed E-state index contributed by atoms with van der Waals surface area (Å²) < 4.78 is 0. The number of carbonyl (C=O) groups is 1. The molecule has 1 heterocycles. The second kappa shape index (κ2) is 5.50. The molecule has 1 saturated heterocycles. The van der Waals surface area contributed by atoms with Crippen molar-refractivity contribution in [1.29, 1.82) is 0 Å². The van der Waals surface area contributed by atoms with Gasteiger partial charge in [0.05, 0.1) is 0 Å². The molecule has 17 heavy (non-hydrogen) atoms. The summed E-state index contributed by atoms with van der Waals surface area (Å²) in [5, 5.41) is 3.22. The molecule has 0 bridgehead atoms. The van der Waals surface area contributed by atoms with Crippen LogP contribution in [0.15, 0.2) is 30.3 Å². The third-order valence-corrected chi connectivity index (χ3v) is 2.76. The Morgan fingerprint density at radius 2 is 2.12 bits per heavy atom. The lowest BCUT2D eigenvalue weighted by Gasteiger charge is -2.26. The summed E-state index contributed by atoms with van der Waals surface area (Å²) in [6.45, 7) is 3.30. The Labute approximate surface area is 101 Å². The molecule has 90 valence electrons. The summed E-state index contributed by atoms with van der Waals surface area (Å²) in [6, 6.07) is 7.49. The minimum atomic E-state index is 0.0638. The van der Waals surface area contributed by atoms with Gasteiger partial charge in [0, 0.05) is 37.9 Å². The van der Waals surface area contributed by atoms with Gasteiger partial charge in [-0.2, -0.15) is 0 Å². The number of rotatable bonds is 2. The minimum absolute atomic E-state index is 0.0638. The van der Waals surface area contributed by atoms with Gasteiger partial charge in [-0.05, 0) is 23.8 Å². The number of hydrogen-bond donors (Lipinski definition) is 2. The summed E-state index contributed by atoms with van der Waals surface area (Å²) in [7, 11) is 0. The van der Waals surface area contributed by atoms with Gasteiger partial charge in [0.2, 0.25) is 5.91 Å². The van der Waals surface area contributed by atoms with Crippen LogP contribution in [0.1, 0.15) is 5.56 Å². The van der Waals surface area contributed by atoms with Gasteiger partial charge >= 0.3 is 0 Å². The smallest absolute Gasteiger partial charge is 0.246 e. The SMILES string of the molecule is Nc1cccc(/C=C/C(=O)N2CCNCC2)c1. The molecule has 3 N–H and O–H groups in total. The number of anilines is 1. The first kappa shape index (κ1) is 11.7. The van der Waals surface area contributed by atoms with Crippen LogP contribution < -0.4 is 11.1 Å². The molecule has 4 nitrogen and oxygen atoms in total. The van der Waals surface area contributed by atoms with E-state index in [1.165, 1.54) is 0 Å². The lowest BCUT2D eigenvalue weighted by atomic mass is 10.2. The lowest BCUT2D eigenvalue weighted by molar-refractivity contribution is -0.126. The van der Waals surface area contributed by atoms with Crippen molar-refractivity contribution in [1.82, 2.24) is 10.2 Å². The highest BCUT2D eigenvalue weighted by atomic mass is 16.2. The van der Waals surface area contributed by atoms with E-state index in [4.69, 9.17) is 5.73 Å². The maximum Gasteiger partial charge on any atom is 0.246 e. The van der Waals surface area contributed by atoms with Crippen LogP contribution in [0.25, 0.3) is 6.08 Å². The zero-order chi connectivity index (χ0) is 12.1. The Balaban J connectivity index is 1.97. The van der Waals surface area contributed by atoms with Gasteiger partial charge in [-0.1, -0.05) is 12.1 Å². The largest absolute Gasteiger partial charge is 0.399 e. The molecule has 1 aliphatic rings. The Kier molecular flexibility index (Phi) is 3.77. The van der Waals surface area contributed by atoms with Gasteiger partial charge < -0.3 is 16.0 Å². The topological polar surface area (TPSA) is 58.4 Å². The van der Waals surface area contributed by atoms with E-state index in [-0.39, 0.29) is 5.91 Å². The Hall–Kier alpha value is -1.81. The third-order valence-electron chi connectivity index (χ3n) is 2.76. The molecule has 2 rings (SSSR count). The van der Waals surface area contributed by atoms with Gasteiger partial charge in [-0.3, -0.25) is 4.79 Å². The summed E-state index contributed by atoms with van der Waals surface area (Å²) in [4.78, 5) is 13.7. The Morgan fingerprint density at radius 1 is 1.35 bits per heavy atom. The van der Waals surface area contributed by atoms with Crippen LogP contribution in [0.3, 0.4) is 0 Å². The molecule has 0 unspecified atom stereocenters. The van der Waals surface area contributed by atoms with Crippen LogP contribution in [0.2, 0.25) is 0 Å². The molecule has 0 atom stereocenters. The van der Waals surface area contributed by atoms with Crippen LogP contribution in [-0.2, 0) is 4.79 Å². The second-order valence-corrected chi connectivity index (χ2v) is 4.08. The Morgan fingerprint density at radius 3 is 2.82 bits per heavy atom. The highest BCUT2D eigenvalue weighted by molar-refractivity contribution is 5.92. The van der Waals surface area contributed by atoms with Gasteiger partial charge in [-0.25, -0.2) is 0 Å². The van der Waals surface area contributed by atoms with Crippen molar-refractivity contribution in [2.24, 2.45) is 0 Å². The van der Waals surface area contributed by atoms with E-state index >= 15 is 0 Å². The molecule has 0 radical (unpaired) electrons. The highest BCUT2D eigenvalue weighted by Gasteiger charge is 2.12. The predicted molar refractivity (Wildman–Crippen MR) is 69.3 cm³/mol. The summed E-state index contributed by atoms with van der Waals surface area (Å²) >= 11 is 0. The van der Waals surface area contributed by atoms with E-state index in [2.05, 4.69) is 5.32 Å². The summed E-state index contributed by atoms with van der Waals surface area (Å²) in [6.07, 6.45) is 3.42. The van der Waals surface area contributed by atoms with E-state index in [1.54, 1.807) is 12.2 Å². The first-order chi connectivity index (χ1) is 8.25. The quantitative estimate of drug-likeness (QED) is 0.582. The summed E-state index contributed by atoms with van der Waals surface area (Å²) in [5.41, 5.74) is 7.33. The second-order valence-electron chi connectivity index (χ2n) is 4.08. The van der Waals surface area contributed by atoms with E-state index in [1.807, 2.05) is 29.2 Å². The molecule has 0 saturated carbocycles. The lowest BCUT2D eigenvalue weighted by Crippen LogP contribution is -2.45. The fourth-order valence-electron chi connectivity index (χ4n) is 1.82.